The van der Waals surface area contributed by atoms with Crippen LogP contribution in [0, 0.1) is 0 Å². The third-order valence-electron chi connectivity index (χ3n) is 3.04. The average Bonchev–Trinajstić information content (AvgIpc) is 2.35. The number of carbonyl (C=O) groups is 1. The molecule has 0 aliphatic rings. The molecule has 0 spiro atoms. The number of amides is 1. The Balaban J connectivity index is 2.48. The lowest BCUT2D eigenvalue weighted by molar-refractivity contribution is -0.121. The van der Waals surface area contributed by atoms with Gasteiger partial charge in [-0.3, -0.25) is 4.79 Å². The molecule has 2 nitrogen and oxygen atoms in total. The van der Waals surface area contributed by atoms with Crippen molar-refractivity contribution in [3.63, 3.8) is 0 Å². The minimum absolute atomic E-state index is 0.0108. The zero-order chi connectivity index (χ0) is 12.7. The minimum atomic E-state index is -0.0108. The molecule has 1 aromatic rings. The SMILES string of the molecule is CCCCC(=O)NCC(C)(C)c1ccccc1. The van der Waals surface area contributed by atoms with Crippen molar-refractivity contribution < 1.29 is 4.79 Å². The first-order chi connectivity index (χ1) is 8.06. The Morgan fingerprint density at radius 3 is 2.47 bits per heavy atom. The van der Waals surface area contributed by atoms with Crippen LogP contribution >= 0.6 is 0 Å². The van der Waals surface area contributed by atoms with Crippen LogP contribution in [0.25, 0.3) is 0 Å². The fourth-order valence-electron chi connectivity index (χ4n) is 1.74. The summed E-state index contributed by atoms with van der Waals surface area (Å²) in [6.45, 7) is 7.10. The Kier molecular flexibility index (Phi) is 5.20. The molecule has 94 valence electrons. The summed E-state index contributed by atoms with van der Waals surface area (Å²) in [7, 11) is 0. The molecule has 0 atom stereocenters. The number of hydrogen-bond donors (Lipinski definition) is 1. The van der Waals surface area contributed by atoms with Gasteiger partial charge in [-0.05, 0) is 12.0 Å². The molecule has 0 unspecified atom stereocenters. The molecular weight excluding hydrogens is 210 g/mol. The third-order valence-corrected chi connectivity index (χ3v) is 3.04. The highest BCUT2D eigenvalue weighted by Gasteiger charge is 2.20. The zero-order valence-electron chi connectivity index (χ0n) is 11.1. The predicted molar refractivity (Wildman–Crippen MR) is 72.0 cm³/mol. The van der Waals surface area contributed by atoms with Crippen molar-refractivity contribution in [3.05, 3.63) is 35.9 Å². The molecule has 1 N–H and O–H groups in total. The molecule has 0 saturated carbocycles. The molecule has 1 amide bonds. The smallest absolute Gasteiger partial charge is 0.220 e. The molecule has 0 bridgehead atoms. The van der Waals surface area contributed by atoms with Crippen molar-refractivity contribution in [3.8, 4) is 0 Å². The van der Waals surface area contributed by atoms with E-state index in [-0.39, 0.29) is 11.3 Å². The van der Waals surface area contributed by atoms with E-state index in [4.69, 9.17) is 0 Å². The molecule has 1 aromatic carbocycles. The molecule has 0 aliphatic heterocycles. The lowest BCUT2D eigenvalue weighted by Gasteiger charge is -2.25. The van der Waals surface area contributed by atoms with Crippen LogP contribution < -0.4 is 5.32 Å². The van der Waals surface area contributed by atoms with Crippen LogP contribution in [-0.4, -0.2) is 12.5 Å². The van der Waals surface area contributed by atoms with Crippen LogP contribution in [0.1, 0.15) is 45.6 Å². The second-order valence-electron chi connectivity index (χ2n) is 5.13. The average molecular weight is 233 g/mol. The molecule has 1 rings (SSSR count). The van der Waals surface area contributed by atoms with Crippen LogP contribution in [0.3, 0.4) is 0 Å². The minimum Gasteiger partial charge on any atom is -0.355 e. The first kappa shape index (κ1) is 13.8. The van der Waals surface area contributed by atoms with Gasteiger partial charge in [0.15, 0.2) is 0 Å². The number of rotatable bonds is 6. The maximum atomic E-state index is 11.6. The van der Waals surface area contributed by atoms with E-state index in [1.165, 1.54) is 5.56 Å². The largest absolute Gasteiger partial charge is 0.355 e. The molecule has 2 heteroatoms. The lowest BCUT2D eigenvalue weighted by atomic mass is 9.84. The van der Waals surface area contributed by atoms with Crippen molar-refractivity contribution in [1.82, 2.24) is 5.32 Å². The van der Waals surface area contributed by atoms with Crippen LogP contribution in [-0.2, 0) is 10.2 Å². The second kappa shape index (κ2) is 6.43. The van der Waals surface area contributed by atoms with E-state index in [9.17, 15) is 4.79 Å². The molecule has 17 heavy (non-hydrogen) atoms. The highest BCUT2D eigenvalue weighted by molar-refractivity contribution is 5.75. The summed E-state index contributed by atoms with van der Waals surface area (Å²) in [5, 5.41) is 3.02. The van der Waals surface area contributed by atoms with Crippen molar-refractivity contribution in [1.29, 1.82) is 0 Å². The topological polar surface area (TPSA) is 29.1 Å². The Morgan fingerprint density at radius 1 is 1.24 bits per heavy atom. The van der Waals surface area contributed by atoms with Crippen LogP contribution in [0.15, 0.2) is 30.3 Å². The van der Waals surface area contributed by atoms with Gasteiger partial charge in [0.25, 0.3) is 0 Å². The van der Waals surface area contributed by atoms with Gasteiger partial charge < -0.3 is 5.32 Å². The number of hydrogen-bond acceptors (Lipinski definition) is 1. The number of benzene rings is 1. The number of carbonyl (C=O) groups excluding carboxylic acids is 1. The highest BCUT2D eigenvalue weighted by atomic mass is 16.1. The molecule has 0 heterocycles. The van der Waals surface area contributed by atoms with E-state index in [0.717, 1.165) is 12.8 Å². The van der Waals surface area contributed by atoms with Gasteiger partial charge in [-0.2, -0.15) is 0 Å². The summed E-state index contributed by atoms with van der Waals surface area (Å²) in [5.41, 5.74) is 1.25. The van der Waals surface area contributed by atoms with Gasteiger partial charge in [-0.1, -0.05) is 57.5 Å². The van der Waals surface area contributed by atoms with E-state index in [1.807, 2.05) is 18.2 Å². The summed E-state index contributed by atoms with van der Waals surface area (Å²) in [6.07, 6.45) is 2.68. The van der Waals surface area contributed by atoms with Crippen molar-refractivity contribution in [2.45, 2.75) is 45.4 Å². The maximum Gasteiger partial charge on any atom is 0.220 e. The van der Waals surface area contributed by atoms with E-state index >= 15 is 0 Å². The van der Waals surface area contributed by atoms with Gasteiger partial charge in [-0.25, -0.2) is 0 Å². The van der Waals surface area contributed by atoms with Gasteiger partial charge in [0.1, 0.15) is 0 Å². The van der Waals surface area contributed by atoms with Gasteiger partial charge in [0.2, 0.25) is 5.91 Å². The Morgan fingerprint density at radius 2 is 1.88 bits per heavy atom. The van der Waals surface area contributed by atoms with Gasteiger partial charge in [0.05, 0.1) is 0 Å². The first-order valence-electron chi connectivity index (χ1n) is 6.38. The second-order valence-corrected chi connectivity index (χ2v) is 5.13. The Hall–Kier alpha value is -1.31. The standard InChI is InChI=1S/C15H23NO/c1-4-5-11-14(17)16-12-15(2,3)13-9-7-6-8-10-13/h6-10H,4-5,11-12H2,1-3H3,(H,16,17). The summed E-state index contributed by atoms with van der Waals surface area (Å²) in [4.78, 5) is 11.6. The van der Waals surface area contributed by atoms with E-state index < -0.39 is 0 Å². The Labute approximate surface area is 104 Å². The van der Waals surface area contributed by atoms with Crippen molar-refractivity contribution in [2.75, 3.05) is 6.54 Å². The molecule has 0 radical (unpaired) electrons. The fraction of sp³-hybridized carbons (Fsp3) is 0.533. The van der Waals surface area contributed by atoms with E-state index in [2.05, 4.69) is 38.2 Å². The van der Waals surface area contributed by atoms with Gasteiger partial charge >= 0.3 is 0 Å². The summed E-state index contributed by atoms with van der Waals surface area (Å²) in [5.74, 6) is 0.163. The summed E-state index contributed by atoms with van der Waals surface area (Å²) in [6, 6.07) is 10.3. The lowest BCUT2D eigenvalue weighted by Crippen LogP contribution is -2.36. The molecule has 0 saturated heterocycles. The van der Waals surface area contributed by atoms with Crippen LogP contribution in [0.2, 0.25) is 0 Å². The highest BCUT2D eigenvalue weighted by Crippen LogP contribution is 2.21. The van der Waals surface area contributed by atoms with Gasteiger partial charge in [0, 0.05) is 18.4 Å². The zero-order valence-corrected chi connectivity index (χ0v) is 11.1. The van der Waals surface area contributed by atoms with Crippen molar-refractivity contribution >= 4 is 5.91 Å². The van der Waals surface area contributed by atoms with Crippen molar-refractivity contribution in [2.24, 2.45) is 0 Å². The van der Waals surface area contributed by atoms with Crippen LogP contribution in [0.4, 0.5) is 0 Å². The predicted octanol–water partition coefficient (Wildman–Crippen LogP) is 3.27. The molecule has 0 fully saturated rings. The summed E-state index contributed by atoms with van der Waals surface area (Å²) >= 11 is 0. The van der Waals surface area contributed by atoms with E-state index in [0.29, 0.717) is 13.0 Å². The molecule has 0 aromatic heterocycles. The third kappa shape index (κ3) is 4.59. The fourth-order valence-corrected chi connectivity index (χ4v) is 1.74. The van der Waals surface area contributed by atoms with Crippen LogP contribution in [0.5, 0.6) is 0 Å². The Bertz CT molecular complexity index is 343. The number of unbranched alkanes of at least 4 members (excludes halogenated alkanes) is 1. The van der Waals surface area contributed by atoms with E-state index in [1.54, 1.807) is 0 Å². The first-order valence-corrected chi connectivity index (χ1v) is 6.38. The van der Waals surface area contributed by atoms with Gasteiger partial charge in [-0.15, -0.1) is 0 Å². The maximum absolute atomic E-state index is 11.6. The molecule has 0 aliphatic carbocycles. The molecular formula is C15H23NO. The quantitative estimate of drug-likeness (QED) is 0.802. The normalized spacial score (nSPS) is 11.2. The summed E-state index contributed by atoms with van der Waals surface area (Å²) < 4.78 is 0. The monoisotopic (exact) mass is 233 g/mol. The number of nitrogens with one attached hydrogen (secondary N) is 1.